The topological polar surface area (TPSA) is 55.8 Å². The minimum atomic E-state index is -0.986. The summed E-state index contributed by atoms with van der Waals surface area (Å²) in [6.07, 6.45) is 4.93. The third-order valence-electron chi connectivity index (χ3n) is 8.39. The predicted octanol–water partition coefficient (Wildman–Crippen LogP) is 7.00. The monoisotopic (exact) mass is 474 g/mol. The van der Waals surface area contributed by atoms with Gasteiger partial charge in [-0.05, 0) is 71.8 Å². The van der Waals surface area contributed by atoms with E-state index in [9.17, 15) is 9.90 Å². The summed E-state index contributed by atoms with van der Waals surface area (Å²) in [5.41, 5.74) is 7.38. The van der Waals surface area contributed by atoms with Crippen molar-refractivity contribution < 1.29 is 19.4 Å². The largest absolute Gasteiger partial charge is 0.512 e. The van der Waals surface area contributed by atoms with Gasteiger partial charge >= 0.3 is 0 Å². The summed E-state index contributed by atoms with van der Waals surface area (Å²) in [5, 5.41) is 10.4. The average Bonchev–Trinajstić information content (AvgIpc) is 2.83. The van der Waals surface area contributed by atoms with Gasteiger partial charge < -0.3 is 14.6 Å². The van der Waals surface area contributed by atoms with Gasteiger partial charge in [0, 0.05) is 24.0 Å². The number of carbonyl (C=O) groups is 1. The quantitative estimate of drug-likeness (QED) is 0.520. The number of hydrogen-bond donors (Lipinski definition) is 1. The molecule has 5 rings (SSSR count). The van der Waals surface area contributed by atoms with Crippen LogP contribution in [0.4, 0.5) is 0 Å². The van der Waals surface area contributed by atoms with Crippen LogP contribution in [-0.2, 0) is 30.9 Å². The zero-order valence-electron chi connectivity index (χ0n) is 21.8. The summed E-state index contributed by atoms with van der Waals surface area (Å²) < 4.78 is 13.0. The van der Waals surface area contributed by atoms with Crippen molar-refractivity contribution in [2.45, 2.75) is 89.8 Å². The number of Topliss-reactive ketones (excluding diaryl/α,β-unsaturated/α-hetero) is 1. The minimum absolute atomic E-state index is 0.0109. The van der Waals surface area contributed by atoms with Crippen molar-refractivity contribution in [1.29, 1.82) is 0 Å². The van der Waals surface area contributed by atoms with Crippen molar-refractivity contribution in [2.75, 3.05) is 13.2 Å². The highest BCUT2D eigenvalue weighted by Gasteiger charge is 2.44. The Hall–Kier alpha value is -2.43. The number of aliphatic hydroxyl groups excluding tert-OH is 1. The first-order valence-electron chi connectivity index (χ1n) is 13.1. The van der Waals surface area contributed by atoms with E-state index in [4.69, 9.17) is 9.47 Å². The van der Waals surface area contributed by atoms with Gasteiger partial charge in [0.1, 0.15) is 5.76 Å². The van der Waals surface area contributed by atoms with Gasteiger partial charge in [-0.1, -0.05) is 58.0 Å². The van der Waals surface area contributed by atoms with E-state index >= 15 is 0 Å². The van der Waals surface area contributed by atoms with Crippen LogP contribution in [0.15, 0.2) is 42.2 Å². The maximum Gasteiger partial charge on any atom is 0.222 e. The molecule has 0 unspecified atom stereocenters. The fraction of sp³-hybridized carbons (Fsp3) is 0.516. The first-order chi connectivity index (χ1) is 16.6. The number of hydrogen-bond acceptors (Lipinski definition) is 4. The molecule has 0 amide bonds. The maximum atomic E-state index is 12.5. The molecular formula is C31H38O4. The van der Waals surface area contributed by atoms with Crippen molar-refractivity contribution in [3.63, 3.8) is 0 Å². The van der Waals surface area contributed by atoms with Crippen molar-refractivity contribution in [2.24, 2.45) is 0 Å². The summed E-state index contributed by atoms with van der Waals surface area (Å²) in [6, 6.07) is 12.5. The molecule has 1 heterocycles. The number of fused-ring (bicyclic) bond motifs is 1. The Morgan fingerprint density at radius 3 is 2.00 bits per heavy atom. The van der Waals surface area contributed by atoms with E-state index in [-0.39, 0.29) is 22.4 Å². The van der Waals surface area contributed by atoms with Crippen LogP contribution in [0.5, 0.6) is 0 Å². The lowest BCUT2D eigenvalue weighted by atomic mass is 9.62. The van der Waals surface area contributed by atoms with Crippen LogP contribution in [0.1, 0.15) is 99.6 Å². The first-order valence-corrected chi connectivity index (χ1v) is 13.1. The predicted molar refractivity (Wildman–Crippen MR) is 139 cm³/mol. The molecule has 2 aliphatic carbocycles. The Labute approximate surface area is 209 Å². The number of allylic oxidation sites excluding steroid dienone is 2. The standard InChI is InChI=1S/C31H38O4/c1-20-18-24-25(30(4,5)15-14-29(24,2)3)19-23(20)31(34-16-7-17-35-31)22-12-10-21(11-13-22)28-26(32)8-6-9-27(28)33/h10-13,18-19,32H,6-9,14-17H2,1-5H3. The summed E-state index contributed by atoms with van der Waals surface area (Å²) in [7, 11) is 0. The Bertz CT molecular complexity index is 1180. The molecule has 3 aliphatic rings. The molecule has 1 saturated heterocycles. The fourth-order valence-corrected chi connectivity index (χ4v) is 6.10. The Kier molecular flexibility index (Phi) is 5.96. The van der Waals surface area contributed by atoms with Crippen LogP contribution < -0.4 is 0 Å². The second-order valence-electron chi connectivity index (χ2n) is 11.8. The second-order valence-corrected chi connectivity index (χ2v) is 11.8. The fourth-order valence-electron chi connectivity index (χ4n) is 6.10. The summed E-state index contributed by atoms with van der Waals surface area (Å²) >= 11 is 0. The number of benzene rings is 2. The number of ketones is 1. The number of aliphatic hydroxyl groups is 1. The van der Waals surface area contributed by atoms with Gasteiger partial charge in [0.2, 0.25) is 5.79 Å². The molecule has 0 saturated carbocycles. The molecule has 1 fully saturated rings. The zero-order valence-corrected chi connectivity index (χ0v) is 21.8. The Morgan fingerprint density at radius 2 is 1.40 bits per heavy atom. The molecule has 0 spiro atoms. The molecule has 4 heteroatoms. The van der Waals surface area contributed by atoms with E-state index in [1.54, 1.807) is 0 Å². The van der Waals surface area contributed by atoms with Gasteiger partial charge in [-0.3, -0.25) is 4.79 Å². The maximum absolute atomic E-state index is 12.5. The molecule has 4 nitrogen and oxygen atoms in total. The molecule has 0 aromatic heterocycles. The second kappa shape index (κ2) is 8.60. The first kappa shape index (κ1) is 24.3. The van der Waals surface area contributed by atoms with E-state index in [1.807, 2.05) is 24.3 Å². The van der Waals surface area contributed by atoms with E-state index in [0.29, 0.717) is 38.0 Å². The van der Waals surface area contributed by atoms with E-state index < -0.39 is 5.79 Å². The van der Waals surface area contributed by atoms with Crippen molar-refractivity contribution >= 4 is 11.4 Å². The molecule has 0 bridgehead atoms. The molecule has 186 valence electrons. The SMILES string of the molecule is Cc1cc2c(cc1C1(c3ccc(C4=C(O)CCCC4=O)cc3)OCCCO1)C(C)(C)CCC2(C)C. The smallest absolute Gasteiger partial charge is 0.222 e. The molecule has 1 N–H and O–H groups in total. The number of ether oxygens (including phenoxy) is 2. The van der Waals surface area contributed by atoms with E-state index in [1.165, 1.54) is 23.1 Å². The number of aryl methyl sites for hydroxylation is 1. The zero-order chi connectivity index (χ0) is 25.0. The number of rotatable bonds is 3. The van der Waals surface area contributed by atoms with E-state index in [2.05, 4.69) is 46.8 Å². The number of carbonyl (C=O) groups excluding carboxylic acids is 1. The average molecular weight is 475 g/mol. The summed E-state index contributed by atoms with van der Waals surface area (Å²) in [6.45, 7) is 12.8. The van der Waals surface area contributed by atoms with Gasteiger partial charge in [-0.25, -0.2) is 0 Å². The van der Waals surface area contributed by atoms with Crippen LogP contribution in [-0.4, -0.2) is 24.1 Å². The lowest BCUT2D eigenvalue weighted by molar-refractivity contribution is -0.249. The Morgan fingerprint density at radius 1 is 0.800 bits per heavy atom. The van der Waals surface area contributed by atoms with Gasteiger partial charge in [0.25, 0.3) is 0 Å². The third-order valence-corrected chi connectivity index (χ3v) is 8.39. The molecule has 35 heavy (non-hydrogen) atoms. The highest BCUT2D eigenvalue weighted by atomic mass is 16.7. The van der Waals surface area contributed by atoms with Crippen LogP contribution in [0, 0.1) is 6.92 Å². The van der Waals surface area contributed by atoms with E-state index in [0.717, 1.165) is 29.5 Å². The highest BCUT2D eigenvalue weighted by molar-refractivity contribution is 6.21. The normalized spacial score (nSPS) is 23.2. The van der Waals surface area contributed by atoms with Crippen molar-refractivity contribution in [3.8, 4) is 0 Å². The van der Waals surface area contributed by atoms with Gasteiger partial charge in [0.05, 0.1) is 18.8 Å². The highest BCUT2D eigenvalue weighted by Crippen LogP contribution is 2.49. The molecule has 2 aromatic carbocycles. The van der Waals surface area contributed by atoms with Gasteiger partial charge in [0.15, 0.2) is 5.78 Å². The summed E-state index contributed by atoms with van der Waals surface area (Å²) in [4.78, 5) is 12.5. The van der Waals surface area contributed by atoms with Crippen molar-refractivity contribution in [1.82, 2.24) is 0 Å². The lowest BCUT2D eigenvalue weighted by Gasteiger charge is -2.44. The van der Waals surface area contributed by atoms with Crippen LogP contribution in [0.2, 0.25) is 0 Å². The molecular weight excluding hydrogens is 436 g/mol. The van der Waals surface area contributed by atoms with Crippen molar-refractivity contribution in [3.05, 3.63) is 75.5 Å². The van der Waals surface area contributed by atoms with Gasteiger partial charge in [-0.15, -0.1) is 0 Å². The Balaban J connectivity index is 1.63. The molecule has 0 radical (unpaired) electrons. The van der Waals surface area contributed by atoms with Gasteiger partial charge in [-0.2, -0.15) is 0 Å². The summed E-state index contributed by atoms with van der Waals surface area (Å²) in [5.74, 6) is -0.776. The van der Waals surface area contributed by atoms with Crippen LogP contribution >= 0.6 is 0 Å². The van der Waals surface area contributed by atoms with Crippen LogP contribution in [0.25, 0.3) is 5.57 Å². The third kappa shape index (κ3) is 4.05. The molecule has 1 aliphatic heterocycles. The minimum Gasteiger partial charge on any atom is -0.512 e. The molecule has 0 atom stereocenters. The van der Waals surface area contributed by atoms with Crippen LogP contribution in [0.3, 0.4) is 0 Å². The lowest BCUT2D eigenvalue weighted by Crippen LogP contribution is -2.41. The molecule has 2 aromatic rings.